The number of fused-ring (bicyclic) bond motifs is 1. The van der Waals surface area contributed by atoms with E-state index in [0.717, 1.165) is 37.0 Å². The maximum absolute atomic E-state index is 6.11. The zero-order valence-electron chi connectivity index (χ0n) is 11.0. The fraction of sp³-hybridized carbons (Fsp3) is 0.429. The number of hydrogen-bond donors (Lipinski definition) is 1. The molecule has 1 aromatic heterocycles. The lowest BCUT2D eigenvalue weighted by Crippen LogP contribution is -2.30. The van der Waals surface area contributed by atoms with Crippen molar-refractivity contribution >= 4 is 35.0 Å². The Morgan fingerprint density at radius 1 is 1.15 bits per heavy atom. The zero-order valence-corrected chi connectivity index (χ0v) is 12.6. The SMILES string of the molecule is Cl.Clc1nc2ccccc2nc1OCC1CCNCC1. The minimum atomic E-state index is 0. The molecule has 1 aliphatic heterocycles. The summed E-state index contributed by atoms with van der Waals surface area (Å²) < 4.78 is 5.75. The van der Waals surface area contributed by atoms with Crippen molar-refractivity contribution in [1.82, 2.24) is 15.3 Å². The number of benzene rings is 1. The number of nitrogens with one attached hydrogen (secondary N) is 1. The second-order valence-corrected chi connectivity index (χ2v) is 5.17. The van der Waals surface area contributed by atoms with Gasteiger partial charge in [-0.2, -0.15) is 0 Å². The quantitative estimate of drug-likeness (QED) is 0.946. The summed E-state index contributed by atoms with van der Waals surface area (Å²) in [5.41, 5.74) is 1.61. The molecule has 0 unspecified atom stereocenters. The average Bonchev–Trinajstić information content (AvgIpc) is 2.46. The molecule has 4 nitrogen and oxygen atoms in total. The van der Waals surface area contributed by atoms with Gasteiger partial charge < -0.3 is 10.1 Å². The summed E-state index contributed by atoms with van der Waals surface area (Å²) in [6.45, 7) is 2.78. The molecular formula is C14H17Cl2N3O. The third kappa shape index (κ3) is 3.51. The Bertz CT molecular complexity index is 573. The standard InChI is InChI=1S/C14H16ClN3O.ClH/c15-13-14(19-9-10-5-7-16-8-6-10)18-12-4-2-1-3-11(12)17-13;/h1-4,10,16H,5-9H2;1H. The first-order valence-corrected chi connectivity index (χ1v) is 6.96. The molecule has 2 aromatic rings. The zero-order chi connectivity index (χ0) is 13.1. The lowest BCUT2D eigenvalue weighted by molar-refractivity contribution is 0.209. The van der Waals surface area contributed by atoms with E-state index in [9.17, 15) is 0 Å². The van der Waals surface area contributed by atoms with Crippen LogP contribution in [0, 0.1) is 5.92 Å². The van der Waals surface area contributed by atoms with E-state index in [4.69, 9.17) is 16.3 Å². The van der Waals surface area contributed by atoms with Crippen molar-refractivity contribution in [3.63, 3.8) is 0 Å². The minimum Gasteiger partial charge on any atom is -0.475 e. The van der Waals surface area contributed by atoms with E-state index in [2.05, 4.69) is 15.3 Å². The maximum Gasteiger partial charge on any atom is 0.252 e. The highest BCUT2D eigenvalue weighted by molar-refractivity contribution is 6.31. The van der Waals surface area contributed by atoms with Crippen molar-refractivity contribution in [2.45, 2.75) is 12.8 Å². The van der Waals surface area contributed by atoms with Gasteiger partial charge >= 0.3 is 0 Å². The van der Waals surface area contributed by atoms with Gasteiger partial charge in [-0.15, -0.1) is 12.4 Å². The Morgan fingerprint density at radius 2 is 1.80 bits per heavy atom. The molecule has 0 atom stereocenters. The van der Waals surface area contributed by atoms with E-state index in [1.54, 1.807) is 0 Å². The smallest absolute Gasteiger partial charge is 0.252 e. The van der Waals surface area contributed by atoms with Crippen molar-refractivity contribution < 1.29 is 4.74 Å². The molecule has 0 saturated carbocycles. The first-order valence-electron chi connectivity index (χ1n) is 6.59. The first-order chi connectivity index (χ1) is 9.33. The average molecular weight is 314 g/mol. The summed E-state index contributed by atoms with van der Waals surface area (Å²) in [5, 5.41) is 3.68. The molecule has 0 aliphatic carbocycles. The van der Waals surface area contributed by atoms with Crippen molar-refractivity contribution in [2.24, 2.45) is 5.92 Å². The number of ether oxygens (including phenoxy) is 1. The second-order valence-electron chi connectivity index (χ2n) is 4.81. The van der Waals surface area contributed by atoms with Gasteiger partial charge in [-0.3, -0.25) is 0 Å². The maximum atomic E-state index is 6.11. The molecule has 108 valence electrons. The van der Waals surface area contributed by atoms with E-state index < -0.39 is 0 Å². The van der Waals surface area contributed by atoms with Crippen LogP contribution in [0.3, 0.4) is 0 Å². The summed E-state index contributed by atoms with van der Waals surface area (Å²) in [6.07, 6.45) is 2.28. The first kappa shape index (κ1) is 15.3. The van der Waals surface area contributed by atoms with Gasteiger partial charge in [0.05, 0.1) is 17.6 Å². The van der Waals surface area contributed by atoms with Crippen LogP contribution in [0.15, 0.2) is 24.3 Å². The normalized spacial score (nSPS) is 15.8. The second kappa shape index (κ2) is 7.07. The molecule has 3 rings (SSSR count). The van der Waals surface area contributed by atoms with Crippen molar-refractivity contribution in [3.8, 4) is 5.88 Å². The van der Waals surface area contributed by atoms with Gasteiger partial charge in [0.1, 0.15) is 0 Å². The van der Waals surface area contributed by atoms with E-state index in [1.807, 2.05) is 24.3 Å². The number of nitrogens with zero attached hydrogens (tertiary/aromatic N) is 2. The number of hydrogen-bond acceptors (Lipinski definition) is 4. The number of rotatable bonds is 3. The highest BCUT2D eigenvalue weighted by Crippen LogP contribution is 2.24. The highest BCUT2D eigenvalue weighted by atomic mass is 35.5. The molecule has 20 heavy (non-hydrogen) atoms. The molecule has 0 bridgehead atoms. The number of halogens is 2. The Hall–Kier alpha value is -1.10. The van der Waals surface area contributed by atoms with Crippen LogP contribution >= 0.6 is 24.0 Å². The lowest BCUT2D eigenvalue weighted by Gasteiger charge is -2.22. The van der Waals surface area contributed by atoms with Gasteiger partial charge in [0.2, 0.25) is 0 Å². The number of para-hydroxylation sites is 2. The third-order valence-electron chi connectivity index (χ3n) is 3.41. The van der Waals surface area contributed by atoms with Crippen LogP contribution in [0.1, 0.15) is 12.8 Å². The minimum absolute atomic E-state index is 0. The van der Waals surface area contributed by atoms with E-state index in [1.165, 1.54) is 0 Å². The van der Waals surface area contributed by atoms with Crippen molar-refractivity contribution in [2.75, 3.05) is 19.7 Å². The van der Waals surface area contributed by atoms with E-state index in [0.29, 0.717) is 23.6 Å². The highest BCUT2D eigenvalue weighted by Gasteiger charge is 2.15. The Morgan fingerprint density at radius 3 is 2.50 bits per heavy atom. The van der Waals surface area contributed by atoms with Crippen LogP contribution < -0.4 is 10.1 Å². The van der Waals surface area contributed by atoms with Crippen LogP contribution in [0.25, 0.3) is 11.0 Å². The molecule has 1 fully saturated rings. The Kier molecular flexibility index (Phi) is 5.40. The van der Waals surface area contributed by atoms with Gasteiger partial charge in [0.15, 0.2) is 5.15 Å². The molecule has 2 heterocycles. The topological polar surface area (TPSA) is 47.0 Å². The summed E-state index contributed by atoms with van der Waals surface area (Å²) >= 11 is 6.11. The Labute approximate surface area is 129 Å². The molecule has 0 spiro atoms. The van der Waals surface area contributed by atoms with E-state index >= 15 is 0 Å². The van der Waals surface area contributed by atoms with Gasteiger partial charge in [-0.25, -0.2) is 9.97 Å². The monoisotopic (exact) mass is 313 g/mol. The predicted octanol–water partition coefficient (Wildman–Crippen LogP) is 3.08. The van der Waals surface area contributed by atoms with Crippen molar-refractivity contribution in [1.29, 1.82) is 0 Å². The summed E-state index contributed by atoms with van der Waals surface area (Å²) in [7, 11) is 0. The van der Waals surface area contributed by atoms with Crippen LogP contribution in [0.2, 0.25) is 5.15 Å². The van der Waals surface area contributed by atoms with Crippen LogP contribution in [-0.4, -0.2) is 29.7 Å². The summed E-state index contributed by atoms with van der Waals surface area (Å²) in [5.74, 6) is 1.02. The molecule has 0 radical (unpaired) electrons. The van der Waals surface area contributed by atoms with Crippen LogP contribution in [-0.2, 0) is 0 Å². The van der Waals surface area contributed by atoms with Crippen LogP contribution in [0.5, 0.6) is 5.88 Å². The number of piperidine rings is 1. The van der Waals surface area contributed by atoms with Crippen LogP contribution in [0.4, 0.5) is 0 Å². The summed E-state index contributed by atoms with van der Waals surface area (Å²) in [6, 6.07) is 7.66. The van der Waals surface area contributed by atoms with Gasteiger partial charge in [0, 0.05) is 0 Å². The Balaban J connectivity index is 0.00000147. The fourth-order valence-corrected chi connectivity index (χ4v) is 2.49. The molecule has 1 N–H and O–H groups in total. The van der Waals surface area contributed by atoms with E-state index in [-0.39, 0.29) is 12.4 Å². The fourth-order valence-electron chi connectivity index (χ4n) is 2.30. The molecule has 6 heteroatoms. The predicted molar refractivity (Wildman–Crippen MR) is 82.9 cm³/mol. The molecule has 1 aliphatic rings. The third-order valence-corrected chi connectivity index (χ3v) is 3.66. The van der Waals surface area contributed by atoms with Gasteiger partial charge in [-0.05, 0) is 44.0 Å². The summed E-state index contributed by atoms with van der Waals surface area (Å²) in [4.78, 5) is 8.73. The lowest BCUT2D eigenvalue weighted by atomic mass is 9.99. The molecular weight excluding hydrogens is 297 g/mol. The van der Waals surface area contributed by atoms with Gasteiger partial charge in [-0.1, -0.05) is 23.7 Å². The van der Waals surface area contributed by atoms with Crippen molar-refractivity contribution in [3.05, 3.63) is 29.4 Å². The largest absolute Gasteiger partial charge is 0.475 e. The number of aromatic nitrogens is 2. The van der Waals surface area contributed by atoms with Gasteiger partial charge in [0.25, 0.3) is 5.88 Å². The molecule has 1 saturated heterocycles. The molecule has 1 aromatic carbocycles. The molecule has 0 amide bonds.